The molecule has 1 aliphatic rings. The summed E-state index contributed by atoms with van der Waals surface area (Å²) in [5.74, 6) is -0.0902. The minimum atomic E-state index is -0.795. The molecule has 1 heterocycles. The summed E-state index contributed by atoms with van der Waals surface area (Å²) in [7, 11) is 1.76. The standard InChI is InChI=1S/C12H23N3O2/c1-8(2)9(13)10(16)15-7-6-14(5)11(17)12(15,3)4/h8-9H,6-7,13H2,1-5H3/t9-/m0/s1. The normalized spacial score (nSPS) is 21.9. The molecule has 17 heavy (non-hydrogen) atoms. The number of carbonyl (C=O) groups is 2. The lowest BCUT2D eigenvalue weighted by molar-refractivity contribution is -0.158. The Morgan fingerprint density at radius 2 is 1.88 bits per heavy atom. The van der Waals surface area contributed by atoms with Crippen LogP contribution < -0.4 is 5.73 Å². The largest absolute Gasteiger partial charge is 0.342 e. The molecule has 0 saturated carbocycles. The van der Waals surface area contributed by atoms with Gasteiger partial charge in [-0.05, 0) is 19.8 Å². The van der Waals surface area contributed by atoms with Crippen LogP contribution in [0.15, 0.2) is 0 Å². The molecule has 1 rings (SSSR count). The molecule has 1 saturated heterocycles. The molecular weight excluding hydrogens is 218 g/mol. The summed E-state index contributed by atoms with van der Waals surface area (Å²) in [6.07, 6.45) is 0. The van der Waals surface area contributed by atoms with Crippen LogP contribution in [0.25, 0.3) is 0 Å². The second-order valence-electron chi connectivity index (χ2n) is 5.55. The van der Waals surface area contributed by atoms with E-state index in [1.165, 1.54) is 0 Å². The maximum absolute atomic E-state index is 12.2. The third kappa shape index (κ3) is 2.44. The lowest BCUT2D eigenvalue weighted by Crippen LogP contribution is -2.66. The molecule has 0 aromatic carbocycles. The summed E-state index contributed by atoms with van der Waals surface area (Å²) in [5, 5.41) is 0. The van der Waals surface area contributed by atoms with Crippen molar-refractivity contribution in [1.29, 1.82) is 0 Å². The van der Waals surface area contributed by atoms with Gasteiger partial charge in [-0.25, -0.2) is 0 Å². The van der Waals surface area contributed by atoms with Gasteiger partial charge in [-0.1, -0.05) is 13.8 Å². The van der Waals surface area contributed by atoms with E-state index in [4.69, 9.17) is 5.73 Å². The molecule has 0 aromatic heterocycles. The van der Waals surface area contributed by atoms with Crippen molar-refractivity contribution < 1.29 is 9.59 Å². The van der Waals surface area contributed by atoms with E-state index in [0.717, 1.165) is 0 Å². The van der Waals surface area contributed by atoms with E-state index in [9.17, 15) is 9.59 Å². The second-order valence-corrected chi connectivity index (χ2v) is 5.55. The first-order chi connectivity index (χ1) is 7.69. The Kier molecular flexibility index (Phi) is 3.81. The van der Waals surface area contributed by atoms with Crippen molar-refractivity contribution >= 4 is 11.8 Å². The van der Waals surface area contributed by atoms with Crippen LogP contribution in [-0.4, -0.2) is 53.3 Å². The average molecular weight is 241 g/mol. The Morgan fingerprint density at radius 3 is 2.35 bits per heavy atom. The number of piperazine rings is 1. The third-order valence-corrected chi connectivity index (χ3v) is 3.47. The van der Waals surface area contributed by atoms with Crippen LogP contribution in [0.4, 0.5) is 0 Å². The van der Waals surface area contributed by atoms with Gasteiger partial charge in [0.1, 0.15) is 5.54 Å². The highest BCUT2D eigenvalue weighted by Crippen LogP contribution is 2.23. The van der Waals surface area contributed by atoms with Gasteiger partial charge < -0.3 is 15.5 Å². The average Bonchev–Trinajstić information content (AvgIpc) is 2.24. The molecule has 0 unspecified atom stereocenters. The second kappa shape index (κ2) is 4.64. The first-order valence-corrected chi connectivity index (χ1v) is 6.02. The fourth-order valence-corrected chi connectivity index (χ4v) is 2.06. The van der Waals surface area contributed by atoms with Crippen LogP contribution in [0.2, 0.25) is 0 Å². The number of rotatable bonds is 2. The van der Waals surface area contributed by atoms with Crippen LogP contribution in [0.3, 0.4) is 0 Å². The summed E-state index contributed by atoms with van der Waals surface area (Å²) < 4.78 is 0. The van der Waals surface area contributed by atoms with Crippen molar-refractivity contribution in [3.05, 3.63) is 0 Å². The third-order valence-electron chi connectivity index (χ3n) is 3.47. The van der Waals surface area contributed by atoms with Crippen molar-refractivity contribution in [1.82, 2.24) is 9.80 Å². The first-order valence-electron chi connectivity index (χ1n) is 6.02. The Balaban J connectivity index is 2.91. The van der Waals surface area contributed by atoms with Gasteiger partial charge in [-0.3, -0.25) is 9.59 Å². The summed E-state index contributed by atoms with van der Waals surface area (Å²) in [6.45, 7) is 8.49. The minimum Gasteiger partial charge on any atom is -0.342 e. The number of hydrogen-bond acceptors (Lipinski definition) is 3. The lowest BCUT2D eigenvalue weighted by atomic mass is 9.94. The smallest absolute Gasteiger partial charge is 0.247 e. The molecule has 98 valence electrons. The van der Waals surface area contributed by atoms with E-state index in [2.05, 4.69) is 0 Å². The molecule has 0 radical (unpaired) electrons. The molecular formula is C12H23N3O2. The summed E-state index contributed by atoms with van der Waals surface area (Å²) in [5.41, 5.74) is 5.08. The topological polar surface area (TPSA) is 66.6 Å². The fourth-order valence-electron chi connectivity index (χ4n) is 2.06. The molecule has 0 aromatic rings. The molecule has 0 bridgehead atoms. The predicted molar refractivity (Wildman–Crippen MR) is 66.2 cm³/mol. The number of nitrogens with zero attached hydrogens (tertiary/aromatic N) is 2. The van der Waals surface area contributed by atoms with Crippen molar-refractivity contribution in [3.8, 4) is 0 Å². The van der Waals surface area contributed by atoms with Crippen LogP contribution in [0, 0.1) is 5.92 Å². The molecule has 5 nitrogen and oxygen atoms in total. The van der Waals surface area contributed by atoms with E-state index in [0.29, 0.717) is 13.1 Å². The highest BCUT2D eigenvalue weighted by Gasteiger charge is 2.44. The molecule has 0 aliphatic carbocycles. The van der Waals surface area contributed by atoms with E-state index in [-0.39, 0.29) is 17.7 Å². The molecule has 0 spiro atoms. The maximum Gasteiger partial charge on any atom is 0.247 e. The molecule has 1 fully saturated rings. The van der Waals surface area contributed by atoms with E-state index < -0.39 is 11.6 Å². The van der Waals surface area contributed by atoms with Crippen LogP contribution in [0.5, 0.6) is 0 Å². The van der Waals surface area contributed by atoms with E-state index in [1.807, 2.05) is 13.8 Å². The van der Waals surface area contributed by atoms with E-state index >= 15 is 0 Å². The zero-order valence-electron chi connectivity index (χ0n) is 11.4. The zero-order valence-corrected chi connectivity index (χ0v) is 11.4. The Hall–Kier alpha value is -1.10. The first kappa shape index (κ1) is 14.0. The molecule has 1 atom stereocenters. The van der Waals surface area contributed by atoms with E-state index in [1.54, 1.807) is 30.7 Å². The number of nitrogens with two attached hydrogens (primary N) is 1. The molecule has 2 amide bonds. The lowest BCUT2D eigenvalue weighted by Gasteiger charge is -2.45. The molecule has 1 aliphatic heterocycles. The van der Waals surface area contributed by atoms with Gasteiger partial charge in [0, 0.05) is 20.1 Å². The summed E-state index contributed by atoms with van der Waals surface area (Å²) >= 11 is 0. The molecule has 5 heteroatoms. The number of likely N-dealkylation sites (N-methyl/N-ethyl adjacent to an activating group) is 1. The number of carbonyl (C=O) groups excluding carboxylic acids is 2. The van der Waals surface area contributed by atoms with Gasteiger partial charge in [0.15, 0.2) is 0 Å². The Morgan fingerprint density at radius 1 is 1.35 bits per heavy atom. The predicted octanol–water partition coefficient (Wildman–Crippen LogP) is 0.0489. The summed E-state index contributed by atoms with van der Waals surface area (Å²) in [6, 6.07) is -0.537. The highest BCUT2D eigenvalue weighted by atomic mass is 16.2. The monoisotopic (exact) mass is 241 g/mol. The van der Waals surface area contributed by atoms with Crippen LogP contribution in [-0.2, 0) is 9.59 Å². The van der Waals surface area contributed by atoms with Crippen molar-refractivity contribution in [3.63, 3.8) is 0 Å². The number of amides is 2. The molecule has 2 N–H and O–H groups in total. The maximum atomic E-state index is 12.2. The van der Waals surface area contributed by atoms with Crippen molar-refractivity contribution in [2.24, 2.45) is 11.7 Å². The Labute approximate surface area is 103 Å². The number of hydrogen-bond donors (Lipinski definition) is 1. The SMILES string of the molecule is CC(C)[C@H](N)C(=O)N1CCN(C)C(=O)C1(C)C. The van der Waals surface area contributed by atoms with Crippen LogP contribution in [0.1, 0.15) is 27.7 Å². The Bertz CT molecular complexity index is 326. The fraction of sp³-hybridized carbons (Fsp3) is 0.833. The van der Waals surface area contributed by atoms with Crippen molar-refractivity contribution in [2.45, 2.75) is 39.3 Å². The van der Waals surface area contributed by atoms with Gasteiger partial charge >= 0.3 is 0 Å². The highest BCUT2D eigenvalue weighted by molar-refractivity contribution is 5.93. The zero-order chi connectivity index (χ0) is 13.4. The van der Waals surface area contributed by atoms with Crippen molar-refractivity contribution in [2.75, 3.05) is 20.1 Å². The van der Waals surface area contributed by atoms with Gasteiger partial charge in [-0.15, -0.1) is 0 Å². The van der Waals surface area contributed by atoms with Gasteiger partial charge in [0.25, 0.3) is 0 Å². The quantitative estimate of drug-likeness (QED) is 0.743. The van der Waals surface area contributed by atoms with Gasteiger partial charge in [-0.2, -0.15) is 0 Å². The van der Waals surface area contributed by atoms with Crippen LogP contribution >= 0.6 is 0 Å². The summed E-state index contributed by atoms with van der Waals surface area (Å²) in [4.78, 5) is 27.6. The van der Waals surface area contributed by atoms with Gasteiger partial charge in [0.2, 0.25) is 11.8 Å². The van der Waals surface area contributed by atoms with Gasteiger partial charge in [0.05, 0.1) is 6.04 Å². The minimum absolute atomic E-state index is 0.0342.